The molecular formula is C21H29N5OS. The Labute approximate surface area is 170 Å². The smallest absolute Gasteiger partial charge is 0.225 e. The Balaban J connectivity index is 1.38. The van der Waals surface area contributed by atoms with Crippen LogP contribution in [0.2, 0.25) is 0 Å². The lowest BCUT2D eigenvalue weighted by Gasteiger charge is -2.26. The summed E-state index contributed by atoms with van der Waals surface area (Å²) in [7, 11) is 0. The van der Waals surface area contributed by atoms with E-state index in [9.17, 15) is 4.79 Å². The molecule has 28 heavy (non-hydrogen) atoms. The molecule has 1 unspecified atom stereocenters. The third-order valence-corrected chi connectivity index (χ3v) is 7.08. The van der Waals surface area contributed by atoms with E-state index in [1.807, 2.05) is 26.1 Å². The zero-order valence-electron chi connectivity index (χ0n) is 16.9. The van der Waals surface area contributed by atoms with Gasteiger partial charge in [-0.1, -0.05) is 6.92 Å². The van der Waals surface area contributed by atoms with Crippen LogP contribution in [0.4, 0.5) is 5.95 Å². The minimum absolute atomic E-state index is 0.187. The number of anilines is 1. The van der Waals surface area contributed by atoms with Crippen LogP contribution in [0.25, 0.3) is 10.6 Å². The van der Waals surface area contributed by atoms with E-state index in [0.29, 0.717) is 0 Å². The van der Waals surface area contributed by atoms with Crippen LogP contribution in [0.5, 0.6) is 0 Å². The highest BCUT2D eigenvalue weighted by Crippen LogP contribution is 2.30. The average Bonchev–Trinajstić information content (AvgIpc) is 3.28. The third kappa shape index (κ3) is 4.19. The minimum Gasteiger partial charge on any atom is -0.351 e. The molecule has 1 aliphatic carbocycles. The molecule has 1 saturated heterocycles. The van der Waals surface area contributed by atoms with Crippen LogP contribution in [0.3, 0.4) is 0 Å². The van der Waals surface area contributed by atoms with E-state index in [1.165, 1.54) is 12.8 Å². The lowest BCUT2D eigenvalue weighted by molar-refractivity contribution is -0.126. The molecular weight excluding hydrogens is 370 g/mol. The summed E-state index contributed by atoms with van der Waals surface area (Å²) in [6, 6.07) is 2.13. The van der Waals surface area contributed by atoms with E-state index in [-0.39, 0.29) is 17.9 Å². The summed E-state index contributed by atoms with van der Waals surface area (Å²) in [5.74, 6) is 1.94. The number of nitrogens with zero attached hydrogens (tertiary/aromatic N) is 4. The number of hydrogen-bond acceptors (Lipinski definition) is 6. The van der Waals surface area contributed by atoms with Gasteiger partial charge >= 0.3 is 0 Å². The second-order valence-corrected chi connectivity index (χ2v) is 9.49. The fourth-order valence-electron chi connectivity index (χ4n) is 4.30. The van der Waals surface area contributed by atoms with Gasteiger partial charge in [0.25, 0.3) is 0 Å². The summed E-state index contributed by atoms with van der Waals surface area (Å²) in [6.07, 6.45) is 7.17. The standard InChI is InChI=1S/C21H29N5OS/c1-13-4-6-16(7-5-13)20(27)24-17-9-11-26(12-17)21-22-10-8-18(25-21)19-14(2)23-15(3)28-19/h8,10,13,16-17H,4-7,9,11-12H2,1-3H3,(H,24,27). The number of nitrogens with one attached hydrogen (secondary N) is 1. The second kappa shape index (κ2) is 8.15. The molecule has 1 N–H and O–H groups in total. The minimum atomic E-state index is 0.187. The SMILES string of the molecule is Cc1nc(C)c(-c2ccnc(N3CCC(NC(=O)C4CCC(C)CC4)C3)n2)s1. The largest absolute Gasteiger partial charge is 0.351 e. The number of aryl methyl sites for hydroxylation is 2. The summed E-state index contributed by atoms with van der Waals surface area (Å²) < 4.78 is 0. The van der Waals surface area contributed by atoms with Gasteiger partial charge in [0.1, 0.15) is 0 Å². The molecule has 3 heterocycles. The molecule has 0 spiro atoms. The van der Waals surface area contributed by atoms with Gasteiger partial charge in [-0.2, -0.15) is 0 Å². The topological polar surface area (TPSA) is 71.0 Å². The van der Waals surface area contributed by atoms with Crippen molar-refractivity contribution in [2.24, 2.45) is 11.8 Å². The van der Waals surface area contributed by atoms with Gasteiger partial charge in [-0.25, -0.2) is 15.0 Å². The summed E-state index contributed by atoms with van der Waals surface area (Å²) in [5.41, 5.74) is 1.94. The van der Waals surface area contributed by atoms with E-state index in [4.69, 9.17) is 4.98 Å². The number of aromatic nitrogens is 3. The van der Waals surface area contributed by atoms with Crippen LogP contribution in [0.15, 0.2) is 12.3 Å². The van der Waals surface area contributed by atoms with Crippen LogP contribution in [-0.2, 0) is 4.79 Å². The van der Waals surface area contributed by atoms with Crippen LogP contribution in [-0.4, -0.2) is 40.0 Å². The van der Waals surface area contributed by atoms with Crippen molar-refractivity contribution in [3.63, 3.8) is 0 Å². The molecule has 4 rings (SSSR count). The predicted octanol–water partition coefficient (Wildman–Crippen LogP) is 3.74. The van der Waals surface area contributed by atoms with Crippen molar-refractivity contribution in [2.75, 3.05) is 18.0 Å². The first-order valence-corrected chi connectivity index (χ1v) is 11.1. The first-order chi connectivity index (χ1) is 13.5. The Kier molecular flexibility index (Phi) is 5.62. The van der Waals surface area contributed by atoms with Crippen molar-refractivity contribution >= 4 is 23.2 Å². The van der Waals surface area contributed by atoms with E-state index in [0.717, 1.165) is 65.5 Å². The molecule has 1 amide bonds. The van der Waals surface area contributed by atoms with Crippen LogP contribution >= 0.6 is 11.3 Å². The van der Waals surface area contributed by atoms with Crippen molar-refractivity contribution in [1.82, 2.24) is 20.3 Å². The molecule has 2 fully saturated rings. The van der Waals surface area contributed by atoms with Gasteiger partial charge in [0.05, 0.1) is 21.3 Å². The lowest BCUT2D eigenvalue weighted by atomic mass is 9.82. The normalized spacial score (nSPS) is 25.1. The van der Waals surface area contributed by atoms with Crippen molar-refractivity contribution in [1.29, 1.82) is 0 Å². The monoisotopic (exact) mass is 399 g/mol. The van der Waals surface area contributed by atoms with Crippen LogP contribution in [0, 0.1) is 25.7 Å². The maximum Gasteiger partial charge on any atom is 0.225 e. The van der Waals surface area contributed by atoms with Crippen molar-refractivity contribution < 1.29 is 4.79 Å². The van der Waals surface area contributed by atoms with E-state index < -0.39 is 0 Å². The first kappa shape index (κ1) is 19.3. The number of carbonyl (C=O) groups is 1. The van der Waals surface area contributed by atoms with Gasteiger partial charge in [0.15, 0.2) is 0 Å². The lowest BCUT2D eigenvalue weighted by Crippen LogP contribution is -2.41. The molecule has 1 saturated carbocycles. The van der Waals surface area contributed by atoms with Gasteiger partial charge in [0, 0.05) is 31.2 Å². The van der Waals surface area contributed by atoms with Gasteiger partial charge < -0.3 is 10.2 Å². The van der Waals surface area contributed by atoms with E-state index in [2.05, 4.69) is 27.1 Å². The molecule has 0 aromatic carbocycles. The van der Waals surface area contributed by atoms with Crippen LogP contribution < -0.4 is 10.2 Å². The van der Waals surface area contributed by atoms with Gasteiger partial charge in [0.2, 0.25) is 11.9 Å². The molecule has 0 radical (unpaired) electrons. The molecule has 2 aliphatic rings. The van der Waals surface area contributed by atoms with E-state index in [1.54, 1.807) is 11.3 Å². The summed E-state index contributed by atoms with van der Waals surface area (Å²) in [5, 5.41) is 4.33. The molecule has 2 aromatic rings. The fourth-order valence-corrected chi connectivity index (χ4v) is 5.19. The molecule has 6 nitrogen and oxygen atoms in total. The van der Waals surface area contributed by atoms with Gasteiger partial charge in [-0.3, -0.25) is 4.79 Å². The number of thiazole rings is 1. The summed E-state index contributed by atoms with van der Waals surface area (Å²) in [4.78, 5) is 29.7. The molecule has 1 atom stereocenters. The third-order valence-electron chi connectivity index (χ3n) is 5.98. The highest BCUT2D eigenvalue weighted by molar-refractivity contribution is 7.15. The number of amides is 1. The highest BCUT2D eigenvalue weighted by Gasteiger charge is 2.30. The first-order valence-electron chi connectivity index (χ1n) is 10.3. The van der Waals surface area contributed by atoms with Crippen molar-refractivity contribution in [3.8, 4) is 10.6 Å². The van der Waals surface area contributed by atoms with Gasteiger partial charge in [-0.05, 0) is 57.9 Å². The average molecular weight is 400 g/mol. The quantitative estimate of drug-likeness (QED) is 0.848. The number of rotatable bonds is 4. The number of carbonyl (C=O) groups excluding carboxylic acids is 1. The predicted molar refractivity (Wildman–Crippen MR) is 112 cm³/mol. The maximum atomic E-state index is 12.6. The highest BCUT2D eigenvalue weighted by atomic mass is 32.1. The summed E-state index contributed by atoms with van der Waals surface area (Å²) >= 11 is 1.67. The Bertz CT molecular complexity index is 843. The molecule has 0 bridgehead atoms. The van der Waals surface area contributed by atoms with Crippen molar-refractivity contribution in [2.45, 2.75) is 58.9 Å². The Morgan fingerprint density at radius 3 is 2.68 bits per heavy atom. The zero-order valence-corrected chi connectivity index (χ0v) is 17.8. The van der Waals surface area contributed by atoms with Crippen molar-refractivity contribution in [3.05, 3.63) is 23.0 Å². The number of hydrogen-bond donors (Lipinski definition) is 1. The molecule has 7 heteroatoms. The molecule has 150 valence electrons. The van der Waals surface area contributed by atoms with E-state index >= 15 is 0 Å². The van der Waals surface area contributed by atoms with Crippen LogP contribution in [0.1, 0.15) is 49.7 Å². The summed E-state index contributed by atoms with van der Waals surface area (Å²) in [6.45, 7) is 7.97. The Morgan fingerprint density at radius 1 is 1.18 bits per heavy atom. The zero-order chi connectivity index (χ0) is 19.7. The fraction of sp³-hybridized carbons (Fsp3) is 0.619. The second-order valence-electron chi connectivity index (χ2n) is 8.29. The Morgan fingerprint density at radius 2 is 1.96 bits per heavy atom. The Hall–Kier alpha value is -2.02. The van der Waals surface area contributed by atoms with Gasteiger partial charge in [-0.15, -0.1) is 11.3 Å². The molecule has 2 aromatic heterocycles. The molecule has 1 aliphatic heterocycles. The maximum absolute atomic E-state index is 12.6.